The first-order valence-electron chi connectivity index (χ1n) is 10.3. The maximum Gasteiger partial charge on any atom is 0.342 e. The first kappa shape index (κ1) is 25.3. The zero-order chi connectivity index (χ0) is 22.8. The van der Waals surface area contributed by atoms with Crippen molar-refractivity contribution >= 4 is 5.97 Å². The van der Waals surface area contributed by atoms with Crippen LogP contribution in [0.3, 0.4) is 0 Å². The van der Waals surface area contributed by atoms with Crippen LogP contribution in [0.5, 0.6) is 17.2 Å². The van der Waals surface area contributed by atoms with Gasteiger partial charge in [0.25, 0.3) is 0 Å². The zero-order valence-electron chi connectivity index (χ0n) is 19.4. The van der Waals surface area contributed by atoms with Gasteiger partial charge in [0, 0.05) is 5.56 Å². The second-order valence-electron chi connectivity index (χ2n) is 7.86. The van der Waals surface area contributed by atoms with Crippen LogP contribution in [0.4, 0.5) is 0 Å². The fourth-order valence-electron chi connectivity index (χ4n) is 3.30. The van der Waals surface area contributed by atoms with Gasteiger partial charge in [-0.2, -0.15) is 0 Å². The van der Waals surface area contributed by atoms with Crippen LogP contribution < -0.4 is 4.74 Å². The number of ether oxygens (including phenoxy) is 2. The van der Waals surface area contributed by atoms with E-state index in [4.69, 9.17) is 9.47 Å². The molecule has 0 atom stereocenters. The lowest BCUT2D eigenvalue weighted by Gasteiger charge is -2.17. The highest BCUT2D eigenvalue weighted by atomic mass is 16.5. The molecular formula is C25H36O5. The van der Waals surface area contributed by atoms with Crippen LogP contribution in [-0.4, -0.2) is 30.4 Å². The Morgan fingerprint density at radius 3 is 2.00 bits per heavy atom. The summed E-state index contributed by atoms with van der Waals surface area (Å²) in [5.74, 6) is -1.48. The number of benzene rings is 1. The third kappa shape index (κ3) is 6.97. The van der Waals surface area contributed by atoms with E-state index in [2.05, 4.69) is 45.9 Å². The molecule has 0 radical (unpaired) electrons. The lowest BCUT2D eigenvalue weighted by atomic mass is 9.95. The molecule has 2 N–H and O–H groups in total. The van der Waals surface area contributed by atoms with Crippen LogP contribution in [0.25, 0.3) is 0 Å². The van der Waals surface area contributed by atoms with Gasteiger partial charge >= 0.3 is 5.97 Å². The van der Waals surface area contributed by atoms with Gasteiger partial charge in [0.05, 0.1) is 14.2 Å². The van der Waals surface area contributed by atoms with Crippen molar-refractivity contribution < 1.29 is 24.5 Å². The Morgan fingerprint density at radius 2 is 1.47 bits per heavy atom. The van der Waals surface area contributed by atoms with Gasteiger partial charge in [-0.25, -0.2) is 4.79 Å². The minimum absolute atomic E-state index is 0.0354. The van der Waals surface area contributed by atoms with Crippen molar-refractivity contribution in [1.82, 2.24) is 0 Å². The topological polar surface area (TPSA) is 76.0 Å². The van der Waals surface area contributed by atoms with E-state index < -0.39 is 17.5 Å². The summed E-state index contributed by atoms with van der Waals surface area (Å²) in [5.41, 5.74) is 5.10. The Morgan fingerprint density at radius 1 is 0.900 bits per heavy atom. The predicted molar refractivity (Wildman–Crippen MR) is 122 cm³/mol. The first-order chi connectivity index (χ1) is 14.1. The minimum atomic E-state index is -0.696. The molecule has 0 aliphatic carbocycles. The number of hydrogen-bond acceptors (Lipinski definition) is 5. The zero-order valence-corrected chi connectivity index (χ0v) is 19.4. The van der Waals surface area contributed by atoms with E-state index in [9.17, 15) is 15.0 Å². The number of hydrogen-bond donors (Lipinski definition) is 2. The van der Waals surface area contributed by atoms with Gasteiger partial charge in [0.1, 0.15) is 5.56 Å². The highest BCUT2D eigenvalue weighted by Gasteiger charge is 2.26. The van der Waals surface area contributed by atoms with Crippen molar-refractivity contribution in [2.75, 3.05) is 14.2 Å². The molecule has 0 saturated carbocycles. The number of rotatable bonds is 10. The molecular weight excluding hydrogens is 380 g/mol. The Bertz CT molecular complexity index is 840. The Kier molecular flexibility index (Phi) is 10.2. The molecule has 0 aliphatic rings. The first-order valence-corrected chi connectivity index (χ1v) is 10.3. The van der Waals surface area contributed by atoms with Crippen LogP contribution in [0, 0.1) is 6.92 Å². The van der Waals surface area contributed by atoms with Crippen LogP contribution >= 0.6 is 0 Å². The van der Waals surface area contributed by atoms with E-state index >= 15 is 0 Å². The van der Waals surface area contributed by atoms with Gasteiger partial charge in [-0.1, -0.05) is 34.9 Å². The minimum Gasteiger partial charge on any atom is -0.504 e. The number of methoxy groups -OCH3 is 2. The number of carbonyl (C=O) groups excluding carboxylic acids is 1. The lowest BCUT2D eigenvalue weighted by molar-refractivity contribution is 0.0595. The fourth-order valence-corrected chi connectivity index (χ4v) is 3.30. The van der Waals surface area contributed by atoms with Gasteiger partial charge < -0.3 is 19.7 Å². The summed E-state index contributed by atoms with van der Waals surface area (Å²) < 4.78 is 10.0. The van der Waals surface area contributed by atoms with E-state index in [0.717, 1.165) is 25.7 Å². The largest absolute Gasteiger partial charge is 0.504 e. The van der Waals surface area contributed by atoms with Gasteiger partial charge in [0.2, 0.25) is 5.75 Å². The molecule has 0 bridgehead atoms. The quantitative estimate of drug-likeness (QED) is 0.271. The van der Waals surface area contributed by atoms with Gasteiger partial charge in [-0.3, -0.25) is 0 Å². The Labute approximate surface area is 180 Å². The summed E-state index contributed by atoms with van der Waals surface area (Å²) >= 11 is 0. The van der Waals surface area contributed by atoms with Gasteiger partial charge in [0.15, 0.2) is 11.5 Å². The molecule has 5 nitrogen and oxygen atoms in total. The van der Waals surface area contributed by atoms with E-state index in [1.807, 2.05) is 0 Å². The third-order valence-corrected chi connectivity index (χ3v) is 5.15. The molecule has 0 heterocycles. The van der Waals surface area contributed by atoms with Crippen molar-refractivity contribution in [3.05, 3.63) is 51.6 Å². The fraction of sp³-hybridized carbons (Fsp3) is 0.480. The lowest BCUT2D eigenvalue weighted by Crippen LogP contribution is -2.08. The molecule has 0 unspecified atom stereocenters. The summed E-state index contributed by atoms with van der Waals surface area (Å²) in [7, 11) is 2.66. The van der Waals surface area contributed by atoms with E-state index in [0.29, 0.717) is 17.5 Å². The molecule has 30 heavy (non-hydrogen) atoms. The van der Waals surface area contributed by atoms with Crippen LogP contribution in [0.1, 0.15) is 74.9 Å². The summed E-state index contributed by atoms with van der Waals surface area (Å²) in [6.45, 7) is 10.2. The number of phenolic OH excluding ortho intramolecular Hbond substituents is 2. The predicted octanol–water partition coefficient (Wildman–Crippen LogP) is 6.16. The normalized spacial score (nSPS) is 12.0. The molecule has 1 aromatic rings. The van der Waals surface area contributed by atoms with E-state index in [1.165, 1.54) is 30.9 Å². The van der Waals surface area contributed by atoms with Crippen molar-refractivity contribution in [3.63, 3.8) is 0 Å². The molecule has 0 saturated heterocycles. The number of esters is 1. The summed E-state index contributed by atoms with van der Waals surface area (Å²) in [6.07, 6.45) is 11.1. The molecule has 1 aromatic carbocycles. The number of aromatic hydroxyl groups is 2. The maximum absolute atomic E-state index is 12.1. The molecule has 0 spiro atoms. The SMILES string of the molecule is COC(=O)c1c(C)c(C/C=C(\C)CC/C=C(\C)CCC=C(C)C)c(OC)c(O)c1O. The third-order valence-electron chi connectivity index (χ3n) is 5.15. The maximum atomic E-state index is 12.1. The molecule has 0 aliphatic heterocycles. The van der Waals surface area contributed by atoms with Crippen LogP contribution in [0.15, 0.2) is 34.9 Å². The molecule has 0 fully saturated rings. The van der Waals surface area contributed by atoms with E-state index in [-0.39, 0.29) is 11.3 Å². The average Bonchev–Trinajstić information content (AvgIpc) is 2.69. The highest BCUT2D eigenvalue weighted by molar-refractivity contribution is 5.96. The number of phenols is 2. The van der Waals surface area contributed by atoms with Gasteiger partial charge in [-0.05, 0) is 72.3 Å². The second kappa shape index (κ2) is 12.1. The smallest absolute Gasteiger partial charge is 0.342 e. The summed E-state index contributed by atoms with van der Waals surface area (Å²) in [5, 5.41) is 20.5. The molecule has 166 valence electrons. The van der Waals surface area contributed by atoms with Gasteiger partial charge in [-0.15, -0.1) is 0 Å². The summed E-state index contributed by atoms with van der Waals surface area (Å²) in [6, 6.07) is 0. The van der Waals surface area contributed by atoms with Crippen LogP contribution in [-0.2, 0) is 11.2 Å². The number of carbonyl (C=O) groups is 1. The van der Waals surface area contributed by atoms with Crippen molar-refractivity contribution in [1.29, 1.82) is 0 Å². The monoisotopic (exact) mass is 416 g/mol. The van der Waals surface area contributed by atoms with Crippen molar-refractivity contribution in [3.8, 4) is 17.2 Å². The Balaban J connectivity index is 2.94. The molecule has 0 aromatic heterocycles. The van der Waals surface area contributed by atoms with Crippen LogP contribution in [0.2, 0.25) is 0 Å². The second-order valence-corrected chi connectivity index (χ2v) is 7.86. The average molecular weight is 417 g/mol. The van der Waals surface area contributed by atoms with E-state index in [1.54, 1.807) is 6.92 Å². The number of allylic oxidation sites excluding steroid dienone is 6. The summed E-state index contributed by atoms with van der Waals surface area (Å²) in [4.78, 5) is 12.1. The Hall–Kier alpha value is -2.69. The van der Waals surface area contributed by atoms with Crippen molar-refractivity contribution in [2.24, 2.45) is 0 Å². The molecule has 1 rings (SSSR count). The highest BCUT2D eigenvalue weighted by Crippen LogP contribution is 2.44. The van der Waals surface area contributed by atoms with Crippen molar-refractivity contribution in [2.45, 2.75) is 66.7 Å². The molecule has 5 heteroatoms. The molecule has 0 amide bonds. The standard InChI is InChI=1S/C25H36O5/c1-16(2)10-8-11-17(3)12-9-13-18(4)14-15-20-19(5)21(25(28)30-7)22(26)23(27)24(20)29-6/h10,12,14,26-27H,8-9,11,13,15H2,1-7H3/b17-12+,18-14+.